The van der Waals surface area contributed by atoms with E-state index in [-0.39, 0.29) is 18.1 Å². The van der Waals surface area contributed by atoms with Gasteiger partial charge in [-0.3, -0.25) is 0 Å². The molecule has 1 saturated heterocycles. The first-order valence-electron chi connectivity index (χ1n) is 8.59. The van der Waals surface area contributed by atoms with Gasteiger partial charge in [0.05, 0.1) is 7.11 Å². The van der Waals surface area contributed by atoms with Crippen molar-refractivity contribution < 1.29 is 14.3 Å². The fourth-order valence-electron chi connectivity index (χ4n) is 4.22. The standard InChI is InChI=1S/C20H25NO3/c1-15-6-4-7-16(14-15)9-12-20(24-3)11-5-8-18-17(20)10-13-21(18)19(22)23-2/h4,6-7,14,17-18H,5,8,10-11,13H2,1-3H3/t17-,18-,20-/m1/s1. The first-order chi connectivity index (χ1) is 11.6. The van der Waals surface area contributed by atoms with Crippen molar-refractivity contribution in [3.05, 3.63) is 35.4 Å². The third-order valence-corrected chi connectivity index (χ3v) is 5.40. The highest BCUT2D eigenvalue weighted by molar-refractivity contribution is 5.68. The van der Waals surface area contributed by atoms with Gasteiger partial charge in [-0.15, -0.1) is 0 Å². The monoisotopic (exact) mass is 327 g/mol. The molecule has 0 bridgehead atoms. The molecule has 4 heteroatoms. The maximum Gasteiger partial charge on any atom is 0.409 e. The molecule has 24 heavy (non-hydrogen) atoms. The molecule has 0 radical (unpaired) electrons. The van der Waals surface area contributed by atoms with E-state index in [2.05, 4.69) is 30.9 Å². The Kier molecular flexibility index (Phi) is 4.82. The molecule has 3 atom stereocenters. The summed E-state index contributed by atoms with van der Waals surface area (Å²) < 4.78 is 10.9. The average Bonchev–Trinajstić information content (AvgIpc) is 3.04. The number of hydrogen-bond donors (Lipinski definition) is 0. The number of hydrogen-bond acceptors (Lipinski definition) is 3. The number of rotatable bonds is 1. The zero-order valence-corrected chi connectivity index (χ0v) is 14.7. The molecular formula is C20H25NO3. The lowest BCUT2D eigenvalue weighted by atomic mass is 9.72. The van der Waals surface area contributed by atoms with E-state index in [0.29, 0.717) is 0 Å². The summed E-state index contributed by atoms with van der Waals surface area (Å²) in [5.41, 5.74) is 1.74. The Labute approximate surface area is 144 Å². The number of amides is 1. The maximum absolute atomic E-state index is 12.0. The van der Waals surface area contributed by atoms with Crippen LogP contribution in [0.2, 0.25) is 0 Å². The Hall–Kier alpha value is -1.99. The number of carbonyl (C=O) groups is 1. The van der Waals surface area contributed by atoms with Crippen molar-refractivity contribution >= 4 is 6.09 Å². The predicted molar refractivity (Wildman–Crippen MR) is 92.7 cm³/mol. The van der Waals surface area contributed by atoms with Crippen molar-refractivity contribution in [1.82, 2.24) is 4.90 Å². The molecule has 2 aliphatic rings. The van der Waals surface area contributed by atoms with E-state index in [0.717, 1.165) is 37.8 Å². The second-order valence-electron chi connectivity index (χ2n) is 6.73. The molecule has 0 spiro atoms. The Balaban J connectivity index is 1.88. The molecule has 0 aromatic heterocycles. The summed E-state index contributed by atoms with van der Waals surface area (Å²) in [5, 5.41) is 0. The summed E-state index contributed by atoms with van der Waals surface area (Å²) in [6.45, 7) is 2.79. The highest BCUT2D eigenvalue weighted by Crippen LogP contribution is 2.44. The molecule has 1 aromatic carbocycles. The van der Waals surface area contributed by atoms with Gasteiger partial charge in [-0.25, -0.2) is 4.79 Å². The molecule has 0 N–H and O–H groups in total. The molecule has 1 amide bonds. The number of benzene rings is 1. The first kappa shape index (κ1) is 16.9. The van der Waals surface area contributed by atoms with Crippen molar-refractivity contribution in [2.75, 3.05) is 20.8 Å². The van der Waals surface area contributed by atoms with E-state index in [1.165, 1.54) is 12.7 Å². The minimum atomic E-state index is -0.477. The quantitative estimate of drug-likeness (QED) is 0.742. The smallest absolute Gasteiger partial charge is 0.409 e. The molecular weight excluding hydrogens is 302 g/mol. The third kappa shape index (κ3) is 3.01. The highest BCUT2D eigenvalue weighted by Gasteiger charge is 2.51. The van der Waals surface area contributed by atoms with Crippen molar-refractivity contribution in [2.24, 2.45) is 5.92 Å². The number of aryl methyl sites for hydroxylation is 1. The van der Waals surface area contributed by atoms with Gasteiger partial charge in [0, 0.05) is 31.2 Å². The molecule has 1 aromatic rings. The molecule has 1 saturated carbocycles. The first-order valence-corrected chi connectivity index (χ1v) is 8.59. The molecule has 4 nitrogen and oxygen atoms in total. The molecule has 1 heterocycles. The van der Waals surface area contributed by atoms with Crippen LogP contribution in [0.5, 0.6) is 0 Å². The summed E-state index contributed by atoms with van der Waals surface area (Å²) in [6, 6.07) is 8.37. The highest BCUT2D eigenvalue weighted by atomic mass is 16.5. The van der Waals surface area contributed by atoms with E-state index < -0.39 is 5.60 Å². The van der Waals surface area contributed by atoms with Crippen LogP contribution in [0.15, 0.2) is 24.3 Å². The molecule has 0 unspecified atom stereocenters. The number of methoxy groups -OCH3 is 2. The van der Waals surface area contributed by atoms with E-state index in [1.807, 2.05) is 17.0 Å². The van der Waals surface area contributed by atoms with Crippen LogP contribution in [0.1, 0.15) is 36.8 Å². The fraction of sp³-hybridized carbons (Fsp3) is 0.550. The number of nitrogens with zero attached hydrogens (tertiary/aromatic N) is 1. The zero-order valence-electron chi connectivity index (χ0n) is 14.7. The SMILES string of the molecule is COC(=O)N1CC[C@@H]2[C@H]1CCC[C@]2(C#Cc1cccc(C)c1)OC. The van der Waals surface area contributed by atoms with Gasteiger partial charge in [0.15, 0.2) is 0 Å². The summed E-state index contributed by atoms with van der Waals surface area (Å²) in [4.78, 5) is 13.9. The van der Waals surface area contributed by atoms with E-state index in [4.69, 9.17) is 9.47 Å². The van der Waals surface area contributed by atoms with Gasteiger partial charge in [-0.1, -0.05) is 24.0 Å². The van der Waals surface area contributed by atoms with Gasteiger partial charge in [-0.2, -0.15) is 0 Å². The van der Waals surface area contributed by atoms with Crippen molar-refractivity contribution in [3.63, 3.8) is 0 Å². The lowest BCUT2D eigenvalue weighted by Crippen LogP contribution is -2.50. The van der Waals surface area contributed by atoms with E-state index >= 15 is 0 Å². The van der Waals surface area contributed by atoms with E-state index in [1.54, 1.807) is 7.11 Å². The van der Waals surface area contributed by atoms with Gasteiger partial charge >= 0.3 is 6.09 Å². The number of ether oxygens (including phenoxy) is 2. The molecule has 3 rings (SSSR count). The van der Waals surface area contributed by atoms with Crippen molar-refractivity contribution in [3.8, 4) is 11.8 Å². The summed E-state index contributed by atoms with van der Waals surface area (Å²) in [6.07, 6.45) is 3.59. The summed E-state index contributed by atoms with van der Waals surface area (Å²) in [5.74, 6) is 6.98. The van der Waals surface area contributed by atoms with Gasteiger partial charge in [-0.05, 0) is 50.3 Å². The van der Waals surface area contributed by atoms with Crippen LogP contribution in [0.4, 0.5) is 4.79 Å². The maximum atomic E-state index is 12.0. The summed E-state index contributed by atoms with van der Waals surface area (Å²) >= 11 is 0. The zero-order chi connectivity index (χ0) is 17.2. The Morgan fingerprint density at radius 1 is 1.33 bits per heavy atom. The topological polar surface area (TPSA) is 38.8 Å². The third-order valence-electron chi connectivity index (χ3n) is 5.40. The number of carbonyl (C=O) groups excluding carboxylic acids is 1. The fourth-order valence-corrected chi connectivity index (χ4v) is 4.22. The van der Waals surface area contributed by atoms with Crippen LogP contribution in [0.3, 0.4) is 0 Å². The minimum Gasteiger partial charge on any atom is -0.453 e. The van der Waals surface area contributed by atoms with Gasteiger partial charge in [0.25, 0.3) is 0 Å². The Morgan fingerprint density at radius 3 is 2.88 bits per heavy atom. The second-order valence-corrected chi connectivity index (χ2v) is 6.73. The summed E-state index contributed by atoms with van der Waals surface area (Å²) in [7, 11) is 3.19. The van der Waals surface area contributed by atoms with E-state index in [9.17, 15) is 4.79 Å². The van der Waals surface area contributed by atoms with Crippen LogP contribution >= 0.6 is 0 Å². The van der Waals surface area contributed by atoms with Crippen molar-refractivity contribution in [2.45, 2.75) is 44.2 Å². The van der Waals surface area contributed by atoms with Crippen LogP contribution in [0.25, 0.3) is 0 Å². The average molecular weight is 327 g/mol. The van der Waals surface area contributed by atoms with Gasteiger partial charge in [0.1, 0.15) is 5.60 Å². The number of fused-ring (bicyclic) bond motifs is 1. The number of likely N-dealkylation sites (tertiary alicyclic amines) is 1. The largest absolute Gasteiger partial charge is 0.453 e. The van der Waals surface area contributed by atoms with Crippen LogP contribution in [0, 0.1) is 24.7 Å². The van der Waals surface area contributed by atoms with Crippen LogP contribution < -0.4 is 0 Å². The van der Waals surface area contributed by atoms with Gasteiger partial charge < -0.3 is 14.4 Å². The predicted octanol–water partition coefficient (Wildman–Crippen LogP) is 3.37. The Morgan fingerprint density at radius 2 is 2.17 bits per heavy atom. The van der Waals surface area contributed by atoms with Gasteiger partial charge in [0.2, 0.25) is 0 Å². The van der Waals surface area contributed by atoms with Crippen molar-refractivity contribution in [1.29, 1.82) is 0 Å². The lowest BCUT2D eigenvalue weighted by Gasteiger charge is -2.42. The molecule has 128 valence electrons. The van der Waals surface area contributed by atoms with Crippen LogP contribution in [-0.4, -0.2) is 43.4 Å². The van der Waals surface area contributed by atoms with Crippen LogP contribution in [-0.2, 0) is 9.47 Å². The normalized spacial score (nSPS) is 28.7. The minimum absolute atomic E-state index is 0.165. The Bertz CT molecular complexity index is 675. The molecule has 2 fully saturated rings. The molecule has 1 aliphatic carbocycles. The lowest BCUT2D eigenvalue weighted by molar-refractivity contribution is -0.0479. The second kappa shape index (κ2) is 6.86. The molecule has 1 aliphatic heterocycles.